The molecule has 0 atom stereocenters. The van der Waals surface area contributed by atoms with Gasteiger partial charge in [0.15, 0.2) is 0 Å². The van der Waals surface area contributed by atoms with Crippen LogP contribution in [0.2, 0.25) is 0 Å². The minimum Gasteiger partial charge on any atom is -0.494 e. The number of nitrogens with zero attached hydrogens (tertiary/aromatic N) is 2. The predicted octanol–water partition coefficient (Wildman–Crippen LogP) is 3.83. The molecular weight excluding hydrogens is 389 g/mol. The van der Waals surface area contributed by atoms with Crippen LogP contribution >= 0.6 is 0 Å². The van der Waals surface area contributed by atoms with Gasteiger partial charge in [0.25, 0.3) is 5.91 Å². The zero-order chi connectivity index (χ0) is 21.1. The molecule has 2 heterocycles. The molecule has 4 aromatic rings. The van der Waals surface area contributed by atoms with Gasteiger partial charge in [-0.1, -0.05) is 12.1 Å². The number of halogens is 1. The van der Waals surface area contributed by atoms with Gasteiger partial charge in [0.1, 0.15) is 17.1 Å². The maximum Gasteiger partial charge on any atom is 0.337 e. The van der Waals surface area contributed by atoms with E-state index in [1.165, 1.54) is 18.3 Å². The number of nitrogens with one attached hydrogen (secondary N) is 1. The van der Waals surface area contributed by atoms with E-state index >= 15 is 0 Å². The minimum absolute atomic E-state index is 0.190. The molecule has 0 aliphatic rings. The molecule has 1 amide bonds. The van der Waals surface area contributed by atoms with Crippen LogP contribution in [0.5, 0.6) is 5.75 Å². The van der Waals surface area contributed by atoms with Crippen molar-refractivity contribution in [1.82, 2.24) is 9.78 Å². The topological polar surface area (TPSA) is 86.4 Å². The highest BCUT2D eigenvalue weighted by atomic mass is 19.1. The normalized spacial score (nSPS) is 10.9. The average molecular weight is 407 g/mol. The van der Waals surface area contributed by atoms with E-state index in [4.69, 9.17) is 9.15 Å². The van der Waals surface area contributed by atoms with Crippen LogP contribution in [-0.4, -0.2) is 22.3 Å². The van der Waals surface area contributed by atoms with Gasteiger partial charge < -0.3 is 14.5 Å². The van der Waals surface area contributed by atoms with Gasteiger partial charge in [-0.25, -0.2) is 9.18 Å². The van der Waals surface area contributed by atoms with Crippen LogP contribution < -0.4 is 15.7 Å². The molecule has 0 unspecified atom stereocenters. The molecule has 0 saturated carbocycles. The van der Waals surface area contributed by atoms with Crippen molar-refractivity contribution < 1.29 is 18.3 Å². The summed E-state index contributed by atoms with van der Waals surface area (Å²) in [5.41, 5.74) is 1.16. The molecule has 1 N–H and O–H groups in total. The number of carbonyl (C=O) groups is 1. The first-order chi connectivity index (χ1) is 14.5. The van der Waals surface area contributed by atoms with E-state index in [-0.39, 0.29) is 17.0 Å². The molecule has 0 radical (unpaired) electrons. The van der Waals surface area contributed by atoms with Crippen molar-refractivity contribution in [2.75, 3.05) is 11.9 Å². The van der Waals surface area contributed by atoms with Crippen LogP contribution in [0.25, 0.3) is 11.0 Å². The van der Waals surface area contributed by atoms with Crippen LogP contribution in [0.1, 0.15) is 22.8 Å². The van der Waals surface area contributed by atoms with Crippen LogP contribution in [0, 0.1) is 5.82 Å². The maximum atomic E-state index is 13.0. The first-order valence-corrected chi connectivity index (χ1v) is 9.31. The summed E-state index contributed by atoms with van der Waals surface area (Å²) in [6, 6.07) is 12.2. The number of carbonyl (C=O) groups excluding carboxylic acids is 1. The van der Waals surface area contributed by atoms with Crippen molar-refractivity contribution >= 4 is 22.6 Å². The summed E-state index contributed by atoms with van der Waals surface area (Å²) in [6.45, 7) is 2.74. The molecular formula is C22H18FN3O4. The number of benzene rings is 2. The fraction of sp³-hybridized carbons (Fsp3) is 0.136. The van der Waals surface area contributed by atoms with Crippen LogP contribution in [-0.2, 0) is 6.54 Å². The second-order valence-electron chi connectivity index (χ2n) is 6.58. The number of anilines is 1. The predicted molar refractivity (Wildman–Crippen MR) is 109 cm³/mol. The quantitative estimate of drug-likeness (QED) is 0.491. The third kappa shape index (κ3) is 4.22. The molecule has 0 aliphatic carbocycles. The molecule has 7 nitrogen and oxygen atoms in total. The Morgan fingerprint density at radius 1 is 1.20 bits per heavy atom. The maximum absolute atomic E-state index is 13.0. The third-order valence-corrected chi connectivity index (χ3v) is 4.42. The molecule has 0 aliphatic heterocycles. The lowest BCUT2D eigenvalue weighted by atomic mass is 10.1. The van der Waals surface area contributed by atoms with Gasteiger partial charge in [-0.3, -0.25) is 9.48 Å². The van der Waals surface area contributed by atoms with E-state index in [2.05, 4.69) is 10.4 Å². The lowest BCUT2D eigenvalue weighted by molar-refractivity contribution is 0.102. The second kappa shape index (κ2) is 8.20. The summed E-state index contributed by atoms with van der Waals surface area (Å²) in [4.78, 5) is 24.7. The summed E-state index contributed by atoms with van der Waals surface area (Å²) in [5.74, 6) is -0.216. The molecule has 0 fully saturated rings. The Morgan fingerprint density at radius 3 is 2.77 bits per heavy atom. The lowest BCUT2D eigenvalue weighted by Crippen LogP contribution is -2.15. The van der Waals surface area contributed by atoms with Gasteiger partial charge in [-0.2, -0.15) is 5.10 Å². The van der Waals surface area contributed by atoms with Crippen molar-refractivity contribution in [2.24, 2.45) is 0 Å². The highest BCUT2D eigenvalue weighted by Gasteiger charge is 2.15. The summed E-state index contributed by atoms with van der Waals surface area (Å²) in [6.07, 6.45) is 3.16. The molecule has 30 heavy (non-hydrogen) atoms. The average Bonchev–Trinajstić information content (AvgIpc) is 3.15. The lowest BCUT2D eigenvalue weighted by Gasteiger charge is -2.08. The highest BCUT2D eigenvalue weighted by molar-refractivity contribution is 6.12. The number of fused-ring (bicyclic) bond motifs is 1. The molecule has 8 heteroatoms. The van der Waals surface area contributed by atoms with Gasteiger partial charge in [0, 0.05) is 23.7 Å². The van der Waals surface area contributed by atoms with Crippen LogP contribution in [0.3, 0.4) is 0 Å². The van der Waals surface area contributed by atoms with Gasteiger partial charge in [0.2, 0.25) is 0 Å². The fourth-order valence-corrected chi connectivity index (χ4v) is 3.08. The highest BCUT2D eigenvalue weighted by Crippen LogP contribution is 2.23. The van der Waals surface area contributed by atoms with Crippen molar-refractivity contribution in [3.05, 3.63) is 88.3 Å². The first kappa shape index (κ1) is 19.4. The summed E-state index contributed by atoms with van der Waals surface area (Å²) >= 11 is 0. The van der Waals surface area contributed by atoms with E-state index in [1.807, 2.05) is 6.92 Å². The molecule has 2 aromatic carbocycles. The molecule has 0 saturated heterocycles. The molecule has 0 spiro atoms. The Kier molecular flexibility index (Phi) is 5.30. The summed E-state index contributed by atoms with van der Waals surface area (Å²) in [7, 11) is 0. The van der Waals surface area contributed by atoms with Crippen LogP contribution in [0.15, 0.2) is 70.1 Å². The zero-order valence-electron chi connectivity index (χ0n) is 16.1. The Labute approximate surface area is 170 Å². The van der Waals surface area contributed by atoms with Gasteiger partial charge >= 0.3 is 5.63 Å². The Balaban J connectivity index is 1.55. The van der Waals surface area contributed by atoms with E-state index in [9.17, 15) is 14.0 Å². The van der Waals surface area contributed by atoms with Gasteiger partial charge in [0.05, 0.1) is 30.6 Å². The van der Waals surface area contributed by atoms with E-state index < -0.39 is 11.5 Å². The largest absolute Gasteiger partial charge is 0.494 e. The number of rotatable bonds is 6. The van der Waals surface area contributed by atoms with Gasteiger partial charge in [-0.15, -0.1) is 0 Å². The fourth-order valence-electron chi connectivity index (χ4n) is 3.08. The Morgan fingerprint density at radius 2 is 2.00 bits per heavy atom. The van der Waals surface area contributed by atoms with Gasteiger partial charge in [-0.05, 0) is 36.8 Å². The number of aromatic nitrogens is 2. The zero-order valence-corrected chi connectivity index (χ0v) is 16.1. The molecule has 2 aromatic heterocycles. The molecule has 4 rings (SSSR count). The van der Waals surface area contributed by atoms with E-state index in [0.717, 1.165) is 11.6 Å². The first-order valence-electron chi connectivity index (χ1n) is 9.31. The summed E-state index contributed by atoms with van der Waals surface area (Å²) in [5, 5.41) is 7.44. The van der Waals surface area contributed by atoms with Crippen LogP contribution in [0.4, 0.5) is 10.1 Å². The van der Waals surface area contributed by atoms with E-state index in [1.54, 1.807) is 41.2 Å². The second-order valence-corrected chi connectivity index (χ2v) is 6.58. The Bertz CT molecular complexity index is 1260. The summed E-state index contributed by atoms with van der Waals surface area (Å²) < 4.78 is 25.3. The number of ether oxygens (including phenoxy) is 1. The number of hydrogen-bond acceptors (Lipinski definition) is 5. The number of hydrogen-bond donors (Lipinski definition) is 1. The smallest absolute Gasteiger partial charge is 0.337 e. The standard InChI is InChI=1S/C22H18FN3O4/c1-2-29-17-7-8-18-19(10-21(27)30-20(18)9-17)22(28)25-16-11-24-26(13-16)12-14-3-5-15(23)6-4-14/h3-11,13H,2,12H2,1H3,(H,25,28). The molecule has 152 valence electrons. The molecule has 0 bridgehead atoms. The Hall–Kier alpha value is -3.94. The van der Waals surface area contributed by atoms with Crippen molar-refractivity contribution in [3.63, 3.8) is 0 Å². The number of amides is 1. The third-order valence-electron chi connectivity index (χ3n) is 4.42. The SMILES string of the molecule is CCOc1ccc2c(C(=O)Nc3cnn(Cc4ccc(F)cc4)c3)cc(=O)oc2c1. The monoisotopic (exact) mass is 407 g/mol. The van der Waals surface area contributed by atoms with E-state index in [0.29, 0.717) is 30.0 Å². The van der Waals surface area contributed by atoms with Crippen molar-refractivity contribution in [3.8, 4) is 5.75 Å². The van der Waals surface area contributed by atoms with Crippen molar-refractivity contribution in [1.29, 1.82) is 0 Å². The minimum atomic E-state index is -0.631. The van der Waals surface area contributed by atoms with Crippen molar-refractivity contribution in [2.45, 2.75) is 13.5 Å².